The van der Waals surface area contributed by atoms with Gasteiger partial charge in [0.25, 0.3) is 0 Å². The Morgan fingerprint density at radius 2 is 1.85 bits per heavy atom. The molecule has 4 rings (SSSR count). The Balaban J connectivity index is 1.59. The number of ketones is 1. The standard InChI is InChI=1S/C20H18ClN3O2/c21-14-8-6-13(7-9-14)16-12-17(25)18(19-22-10-11-24(16)19)20(26)23-15-4-2-1-3-5-15/h1-9,16,18H,10-12H2,(H,23,26). The third-order valence-corrected chi connectivity index (χ3v) is 5.07. The van der Waals surface area contributed by atoms with Crippen LogP contribution in [-0.4, -0.2) is 35.5 Å². The van der Waals surface area contributed by atoms with Crippen LogP contribution < -0.4 is 5.32 Å². The molecule has 0 radical (unpaired) electrons. The number of carbonyl (C=O) groups excluding carboxylic acids is 2. The first-order chi connectivity index (χ1) is 12.6. The number of benzene rings is 2. The number of anilines is 1. The maximum absolute atomic E-state index is 12.8. The monoisotopic (exact) mass is 367 g/mol. The van der Waals surface area contributed by atoms with Crippen LogP contribution in [0.5, 0.6) is 0 Å². The lowest BCUT2D eigenvalue weighted by atomic mass is 9.86. The summed E-state index contributed by atoms with van der Waals surface area (Å²) >= 11 is 5.98. The van der Waals surface area contributed by atoms with E-state index in [-0.39, 0.29) is 24.2 Å². The van der Waals surface area contributed by atoms with Gasteiger partial charge < -0.3 is 10.2 Å². The van der Waals surface area contributed by atoms with Gasteiger partial charge in [0.05, 0.1) is 12.6 Å². The van der Waals surface area contributed by atoms with E-state index in [1.165, 1.54) is 0 Å². The summed E-state index contributed by atoms with van der Waals surface area (Å²) in [5.41, 5.74) is 1.69. The topological polar surface area (TPSA) is 61.8 Å². The lowest BCUT2D eigenvalue weighted by Crippen LogP contribution is -2.50. The number of aliphatic imine (C=N–C) groups is 1. The third kappa shape index (κ3) is 3.10. The second-order valence-corrected chi connectivity index (χ2v) is 6.90. The highest BCUT2D eigenvalue weighted by Crippen LogP contribution is 2.35. The largest absolute Gasteiger partial charge is 0.350 e. The minimum Gasteiger partial charge on any atom is -0.350 e. The Bertz CT molecular complexity index is 864. The summed E-state index contributed by atoms with van der Waals surface area (Å²) in [5, 5.41) is 3.49. The van der Waals surface area contributed by atoms with Crippen molar-refractivity contribution >= 4 is 34.8 Å². The Morgan fingerprint density at radius 3 is 2.58 bits per heavy atom. The van der Waals surface area contributed by atoms with E-state index < -0.39 is 5.92 Å². The van der Waals surface area contributed by atoms with Crippen LogP contribution in [0, 0.1) is 5.92 Å². The van der Waals surface area contributed by atoms with Gasteiger partial charge in [-0.25, -0.2) is 0 Å². The zero-order chi connectivity index (χ0) is 18.1. The molecule has 6 heteroatoms. The fourth-order valence-electron chi connectivity index (χ4n) is 3.59. The average Bonchev–Trinajstić information content (AvgIpc) is 3.11. The van der Waals surface area contributed by atoms with Crippen molar-refractivity contribution in [2.45, 2.75) is 12.5 Å². The second kappa shape index (κ2) is 6.92. The molecule has 26 heavy (non-hydrogen) atoms. The van der Waals surface area contributed by atoms with Crippen molar-refractivity contribution in [1.82, 2.24) is 4.90 Å². The van der Waals surface area contributed by atoms with Crippen molar-refractivity contribution in [2.24, 2.45) is 10.9 Å². The molecule has 1 N–H and O–H groups in total. The van der Waals surface area contributed by atoms with Gasteiger partial charge in [0.15, 0.2) is 11.7 Å². The normalized spacial score (nSPS) is 22.0. The maximum atomic E-state index is 12.8. The van der Waals surface area contributed by atoms with E-state index >= 15 is 0 Å². The van der Waals surface area contributed by atoms with Crippen molar-refractivity contribution < 1.29 is 9.59 Å². The van der Waals surface area contributed by atoms with Gasteiger partial charge in [-0.05, 0) is 29.8 Å². The molecule has 2 aliphatic rings. The Morgan fingerprint density at radius 1 is 1.12 bits per heavy atom. The number of nitrogens with one attached hydrogen (secondary N) is 1. The highest BCUT2D eigenvalue weighted by Gasteiger charge is 2.45. The summed E-state index contributed by atoms with van der Waals surface area (Å²) in [6, 6.07) is 16.6. The van der Waals surface area contributed by atoms with Crippen LogP contribution in [0.15, 0.2) is 59.6 Å². The van der Waals surface area contributed by atoms with E-state index in [4.69, 9.17) is 11.6 Å². The summed E-state index contributed by atoms with van der Waals surface area (Å²) in [7, 11) is 0. The molecule has 132 valence electrons. The number of Topliss-reactive ketones (excluding diaryl/α,β-unsaturated/α-hetero) is 1. The van der Waals surface area contributed by atoms with Crippen molar-refractivity contribution in [3.63, 3.8) is 0 Å². The van der Waals surface area contributed by atoms with Gasteiger partial charge in [0, 0.05) is 23.7 Å². The Kier molecular flexibility index (Phi) is 4.47. The molecule has 0 spiro atoms. The van der Waals surface area contributed by atoms with Gasteiger partial charge >= 0.3 is 0 Å². The molecule has 1 saturated heterocycles. The van der Waals surface area contributed by atoms with Gasteiger partial charge in [0.2, 0.25) is 5.91 Å². The number of hydrogen-bond acceptors (Lipinski definition) is 4. The fraction of sp³-hybridized carbons (Fsp3) is 0.250. The molecule has 0 aromatic heterocycles. The predicted molar refractivity (Wildman–Crippen MR) is 101 cm³/mol. The minimum atomic E-state index is -0.846. The van der Waals surface area contributed by atoms with Gasteiger partial charge in [-0.15, -0.1) is 0 Å². The number of amides is 1. The van der Waals surface area contributed by atoms with E-state index in [1.807, 2.05) is 42.5 Å². The van der Waals surface area contributed by atoms with Crippen LogP contribution in [0.3, 0.4) is 0 Å². The number of amidine groups is 1. The van der Waals surface area contributed by atoms with Crippen molar-refractivity contribution in [3.8, 4) is 0 Å². The molecule has 0 saturated carbocycles. The number of hydrogen-bond donors (Lipinski definition) is 1. The van der Waals surface area contributed by atoms with E-state index in [2.05, 4.69) is 15.2 Å². The third-order valence-electron chi connectivity index (χ3n) is 4.82. The molecule has 1 fully saturated rings. The Hall–Kier alpha value is -2.66. The lowest BCUT2D eigenvalue weighted by molar-refractivity contribution is -0.130. The molecule has 2 aromatic rings. The highest BCUT2D eigenvalue weighted by molar-refractivity contribution is 6.30. The molecule has 2 heterocycles. The zero-order valence-corrected chi connectivity index (χ0v) is 14.8. The van der Waals surface area contributed by atoms with Crippen LogP contribution >= 0.6 is 11.6 Å². The number of rotatable bonds is 3. The van der Waals surface area contributed by atoms with Crippen LogP contribution in [0.25, 0.3) is 0 Å². The number of halogens is 1. The van der Waals surface area contributed by atoms with E-state index in [0.717, 1.165) is 5.56 Å². The van der Waals surface area contributed by atoms with E-state index in [0.29, 0.717) is 29.6 Å². The zero-order valence-electron chi connectivity index (χ0n) is 14.1. The molecule has 0 bridgehead atoms. The fourth-order valence-corrected chi connectivity index (χ4v) is 3.72. The number of nitrogens with zero attached hydrogens (tertiary/aromatic N) is 2. The summed E-state index contributed by atoms with van der Waals surface area (Å²) in [6.07, 6.45) is 0.285. The van der Waals surface area contributed by atoms with Crippen LogP contribution in [0.1, 0.15) is 18.0 Å². The molecular weight excluding hydrogens is 350 g/mol. The number of carbonyl (C=O) groups is 2. The number of para-hydroxylation sites is 1. The summed E-state index contributed by atoms with van der Waals surface area (Å²) in [4.78, 5) is 32.1. The van der Waals surface area contributed by atoms with Crippen LogP contribution in [0.4, 0.5) is 5.69 Å². The van der Waals surface area contributed by atoms with E-state index in [9.17, 15) is 9.59 Å². The molecule has 2 aromatic carbocycles. The van der Waals surface area contributed by atoms with Gasteiger partial charge in [-0.1, -0.05) is 41.9 Å². The highest BCUT2D eigenvalue weighted by atomic mass is 35.5. The first-order valence-electron chi connectivity index (χ1n) is 8.58. The molecule has 1 amide bonds. The smallest absolute Gasteiger partial charge is 0.242 e. The molecule has 2 atom stereocenters. The molecule has 5 nitrogen and oxygen atoms in total. The average molecular weight is 368 g/mol. The molecular formula is C20H18ClN3O2. The SMILES string of the molecule is O=C1CC(c2ccc(Cl)cc2)N2CCN=C2C1C(=O)Nc1ccccc1. The quantitative estimate of drug-likeness (QED) is 0.846. The van der Waals surface area contributed by atoms with Crippen LogP contribution in [0.2, 0.25) is 5.02 Å². The maximum Gasteiger partial charge on any atom is 0.242 e. The number of fused-ring (bicyclic) bond motifs is 1. The van der Waals surface area contributed by atoms with Gasteiger partial charge in [-0.3, -0.25) is 14.6 Å². The molecule has 2 aliphatic heterocycles. The molecule has 0 aliphatic carbocycles. The van der Waals surface area contributed by atoms with Crippen molar-refractivity contribution in [2.75, 3.05) is 18.4 Å². The van der Waals surface area contributed by atoms with Crippen LogP contribution in [-0.2, 0) is 9.59 Å². The van der Waals surface area contributed by atoms with Crippen molar-refractivity contribution in [3.05, 3.63) is 65.2 Å². The van der Waals surface area contributed by atoms with Gasteiger partial charge in [0.1, 0.15) is 5.84 Å². The molecule has 2 unspecified atom stereocenters. The van der Waals surface area contributed by atoms with E-state index in [1.54, 1.807) is 12.1 Å². The summed E-state index contributed by atoms with van der Waals surface area (Å²) in [6.45, 7) is 1.31. The Labute approximate surface area is 156 Å². The first kappa shape index (κ1) is 16.8. The second-order valence-electron chi connectivity index (χ2n) is 6.46. The lowest BCUT2D eigenvalue weighted by Gasteiger charge is -2.38. The minimum absolute atomic E-state index is 0.0956. The summed E-state index contributed by atoms with van der Waals surface area (Å²) < 4.78 is 0. The van der Waals surface area contributed by atoms with Crippen molar-refractivity contribution in [1.29, 1.82) is 0 Å². The predicted octanol–water partition coefficient (Wildman–Crippen LogP) is 3.32. The van der Waals surface area contributed by atoms with Gasteiger partial charge in [-0.2, -0.15) is 0 Å². The number of piperidine rings is 1. The summed E-state index contributed by atoms with van der Waals surface area (Å²) in [5.74, 6) is -0.687. The first-order valence-corrected chi connectivity index (χ1v) is 8.96.